The molecule has 1 aromatic rings. The monoisotopic (exact) mass is 417 g/mol. The maximum absolute atomic E-state index is 12.1. The van der Waals surface area contributed by atoms with Crippen molar-refractivity contribution in [1.82, 2.24) is 4.72 Å². The normalized spacial score (nSPS) is 13.6. The average molecular weight is 420 g/mol. The van der Waals surface area contributed by atoms with Crippen molar-refractivity contribution in [2.45, 2.75) is 30.7 Å². The minimum absolute atomic E-state index is 0.109. The van der Waals surface area contributed by atoms with Crippen LogP contribution in [0.3, 0.4) is 0 Å². The molecule has 1 aromatic carbocycles. The van der Waals surface area contributed by atoms with E-state index >= 15 is 0 Å². The zero-order valence-corrected chi connectivity index (χ0v) is 14.5. The molecule has 1 atom stereocenters. The quantitative estimate of drug-likeness (QED) is 0.710. The Kier molecular flexibility index (Phi) is 6.61. The molecule has 1 unspecified atom stereocenters. The van der Waals surface area contributed by atoms with Crippen molar-refractivity contribution < 1.29 is 8.42 Å². The first-order chi connectivity index (χ1) is 8.36. The Morgan fingerprint density at radius 2 is 2.11 bits per heavy atom. The van der Waals surface area contributed by atoms with Crippen LogP contribution < -0.4 is 4.72 Å². The second kappa shape index (κ2) is 7.24. The van der Waals surface area contributed by atoms with Gasteiger partial charge in [-0.3, -0.25) is 0 Å². The lowest BCUT2D eigenvalue weighted by molar-refractivity contribution is 0.545. The van der Waals surface area contributed by atoms with E-state index in [0.717, 1.165) is 22.6 Å². The van der Waals surface area contributed by atoms with Crippen molar-refractivity contribution in [3.8, 4) is 0 Å². The second-order valence-corrected chi connectivity index (χ2v) is 7.73. The molecule has 1 N–H and O–H groups in total. The Hall–Kier alpha value is 0.380. The maximum Gasteiger partial charge on any atom is 0.242 e. The van der Waals surface area contributed by atoms with Crippen LogP contribution in [-0.4, -0.2) is 19.8 Å². The maximum atomic E-state index is 12.1. The predicted octanol–water partition coefficient (Wildman–Crippen LogP) is 3.94. The summed E-state index contributed by atoms with van der Waals surface area (Å²) in [6.07, 6.45) is 1.69. The number of benzene rings is 1. The van der Waals surface area contributed by atoms with Crippen LogP contribution in [0.2, 0.25) is 5.02 Å². The van der Waals surface area contributed by atoms with Crippen LogP contribution in [0, 0.1) is 0 Å². The Morgan fingerprint density at radius 1 is 1.44 bits per heavy atom. The van der Waals surface area contributed by atoms with Crippen LogP contribution in [0.25, 0.3) is 0 Å². The first kappa shape index (κ1) is 16.4. The van der Waals surface area contributed by atoms with Gasteiger partial charge in [0, 0.05) is 15.8 Å². The van der Waals surface area contributed by atoms with Gasteiger partial charge in [0.05, 0.1) is 5.02 Å². The molecule has 3 nitrogen and oxygen atoms in total. The number of hydrogen-bond donors (Lipinski definition) is 1. The predicted molar refractivity (Wildman–Crippen MR) is 82.0 cm³/mol. The van der Waals surface area contributed by atoms with Crippen LogP contribution in [0.4, 0.5) is 0 Å². The van der Waals surface area contributed by atoms with Crippen molar-refractivity contribution in [2.75, 3.05) is 5.33 Å². The van der Waals surface area contributed by atoms with Gasteiger partial charge < -0.3 is 0 Å². The van der Waals surface area contributed by atoms with Crippen molar-refractivity contribution in [1.29, 1.82) is 0 Å². The molecule has 0 saturated carbocycles. The largest absolute Gasteiger partial charge is 0.242 e. The lowest BCUT2D eigenvalue weighted by Gasteiger charge is -2.14. The van der Waals surface area contributed by atoms with E-state index < -0.39 is 10.0 Å². The minimum atomic E-state index is -3.56. The average Bonchev–Trinajstić information content (AvgIpc) is 2.25. The molecule has 0 spiro atoms. The van der Waals surface area contributed by atoms with Gasteiger partial charge in [-0.2, -0.15) is 0 Å². The number of hydrogen-bond acceptors (Lipinski definition) is 2. The molecular formula is C11H14Br2ClNO2S. The van der Waals surface area contributed by atoms with Gasteiger partial charge in [0.2, 0.25) is 10.0 Å². The number of nitrogens with one attached hydrogen (secondary N) is 1. The van der Waals surface area contributed by atoms with Gasteiger partial charge in [-0.05, 0) is 38.0 Å². The molecule has 0 aliphatic rings. The number of sulfonamides is 1. The highest BCUT2D eigenvalue weighted by Crippen LogP contribution is 2.25. The first-order valence-corrected chi connectivity index (χ1v) is 9.17. The highest BCUT2D eigenvalue weighted by Gasteiger charge is 2.20. The molecule has 0 radical (unpaired) electrons. The standard InChI is InChI=1S/C11H14Br2ClNO2S/c1-8(3-2-6-12)15-18(16,17)11-5-4-9(13)7-10(11)14/h4-5,7-8,15H,2-3,6H2,1H3. The summed E-state index contributed by atoms with van der Waals surface area (Å²) in [5.41, 5.74) is 0. The van der Waals surface area contributed by atoms with Crippen LogP contribution >= 0.6 is 43.5 Å². The van der Waals surface area contributed by atoms with Gasteiger partial charge in [0.1, 0.15) is 4.90 Å². The third-order valence-electron chi connectivity index (χ3n) is 2.31. The lowest BCUT2D eigenvalue weighted by Crippen LogP contribution is -2.32. The highest BCUT2D eigenvalue weighted by atomic mass is 79.9. The van der Waals surface area contributed by atoms with Crippen LogP contribution in [0.15, 0.2) is 27.6 Å². The van der Waals surface area contributed by atoms with Gasteiger partial charge in [0.25, 0.3) is 0 Å². The summed E-state index contributed by atoms with van der Waals surface area (Å²) in [5, 5.41) is 1.07. The van der Waals surface area contributed by atoms with Crippen molar-refractivity contribution >= 4 is 53.5 Å². The molecule has 0 amide bonds. The van der Waals surface area contributed by atoms with Crippen molar-refractivity contribution in [3.05, 3.63) is 27.7 Å². The van der Waals surface area contributed by atoms with Crippen molar-refractivity contribution in [3.63, 3.8) is 0 Å². The summed E-state index contributed by atoms with van der Waals surface area (Å²) in [6.45, 7) is 1.84. The van der Waals surface area contributed by atoms with Gasteiger partial charge in [0.15, 0.2) is 0 Å². The van der Waals surface area contributed by atoms with Gasteiger partial charge in [-0.25, -0.2) is 13.1 Å². The molecular weight excluding hydrogens is 405 g/mol. The number of halogens is 3. The summed E-state index contributed by atoms with van der Waals surface area (Å²) in [6, 6.07) is 4.60. The van der Waals surface area contributed by atoms with E-state index in [4.69, 9.17) is 11.6 Å². The highest BCUT2D eigenvalue weighted by molar-refractivity contribution is 9.10. The summed E-state index contributed by atoms with van der Waals surface area (Å²) >= 11 is 12.5. The van der Waals surface area contributed by atoms with Gasteiger partial charge in [-0.15, -0.1) is 0 Å². The van der Waals surface area contributed by atoms with E-state index in [0.29, 0.717) is 0 Å². The Morgan fingerprint density at radius 3 is 2.67 bits per heavy atom. The molecule has 0 heterocycles. The van der Waals surface area contributed by atoms with Crippen LogP contribution in [-0.2, 0) is 10.0 Å². The zero-order valence-electron chi connectivity index (χ0n) is 9.79. The summed E-state index contributed by atoms with van der Waals surface area (Å²) in [4.78, 5) is 0.109. The summed E-state index contributed by atoms with van der Waals surface area (Å²) in [5.74, 6) is 0. The number of rotatable bonds is 6. The third-order valence-corrected chi connectivity index (χ3v) is 5.44. The zero-order chi connectivity index (χ0) is 13.8. The van der Waals surface area contributed by atoms with E-state index in [9.17, 15) is 8.42 Å². The second-order valence-electron chi connectivity index (χ2n) is 3.93. The molecule has 7 heteroatoms. The smallest absolute Gasteiger partial charge is 0.208 e. The number of alkyl halides is 1. The van der Waals surface area contributed by atoms with Gasteiger partial charge >= 0.3 is 0 Å². The van der Waals surface area contributed by atoms with Crippen LogP contribution in [0.1, 0.15) is 19.8 Å². The fourth-order valence-electron chi connectivity index (χ4n) is 1.46. The van der Waals surface area contributed by atoms with E-state index in [-0.39, 0.29) is 16.0 Å². The van der Waals surface area contributed by atoms with E-state index in [2.05, 4.69) is 36.6 Å². The Labute approximate surface area is 130 Å². The first-order valence-electron chi connectivity index (χ1n) is 5.40. The van der Waals surface area contributed by atoms with E-state index in [1.807, 2.05) is 6.92 Å². The molecule has 0 aliphatic carbocycles. The van der Waals surface area contributed by atoms with Gasteiger partial charge in [-0.1, -0.05) is 43.5 Å². The summed E-state index contributed by atoms with van der Waals surface area (Å²) in [7, 11) is -3.56. The van der Waals surface area contributed by atoms with E-state index in [1.165, 1.54) is 6.07 Å². The Bertz CT molecular complexity index is 508. The molecule has 18 heavy (non-hydrogen) atoms. The molecule has 0 saturated heterocycles. The third kappa shape index (κ3) is 4.81. The van der Waals surface area contributed by atoms with Crippen LogP contribution in [0.5, 0.6) is 0 Å². The lowest BCUT2D eigenvalue weighted by atomic mass is 10.2. The topological polar surface area (TPSA) is 46.2 Å². The molecule has 0 aliphatic heterocycles. The molecule has 0 aromatic heterocycles. The van der Waals surface area contributed by atoms with Crippen molar-refractivity contribution in [2.24, 2.45) is 0 Å². The molecule has 102 valence electrons. The Balaban J connectivity index is 2.86. The molecule has 0 fully saturated rings. The van der Waals surface area contributed by atoms with E-state index in [1.54, 1.807) is 12.1 Å². The molecule has 0 bridgehead atoms. The fraction of sp³-hybridized carbons (Fsp3) is 0.455. The fourth-order valence-corrected chi connectivity index (χ4v) is 4.10. The SMILES string of the molecule is CC(CCCBr)NS(=O)(=O)c1ccc(Br)cc1Cl. The minimum Gasteiger partial charge on any atom is -0.208 e. The summed E-state index contributed by atoms with van der Waals surface area (Å²) < 4.78 is 27.6. The molecule has 1 rings (SSSR count).